The minimum absolute atomic E-state index is 0.128. The lowest BCUT2D eigenvalue weighted by Crippen LogP contribution is -2.39. The number of hydrogen-bond acceptors (Lipinski definition) is 8. The maximum Gasteiger partial charge on any atom is 0.338 e. The topological polar surface area (TPSA) is 103 Å². The lowest BCUT2D eigenvalue weighted by atomic mass is 9.95. The lowest BCUT2D eigenvalue weighted by molar-refractivity contribution is -0.139. The SMILES string of the molecule is CCOC(=O)C1=C(C)N=c2s/c(=C/c3cc(Cl)c(OCc4ccccc4C#N)c(OCC)c3)c(=O)n2[C@@H]1c1ccc(C)cc1. The van der Waals surface area contributed by atoms with Crippen LogP contribution < -0.4 is 24.4 Å². The molecule has 2 heterocycles. The second-order valence-electron chi connectivity index (χ2n) is 10.0. The fraction of sp³-hybridized carbons (Fsp3) is 0.235. The molecular formula is C34H30ClN3O5S. The van der Waals surface area contributed by atoms with Crippen LogP contribution in [-0.2, 0) is 16.1 Å². The van der Waals surface area contributed by atoms with Crippen molar-refractivity contribution in [1.29, 1.82) is 5.26 Å². The summed E-state index contributed by atoms with van der Waals surface area (Å²) in [7, 11) is 0. The van der Waals surface area contributed by atoms with E-state index < -0.39 is 12.0 Å². The fourth-order valence-electron chi connectivity index (χ4n) is 4.99. The highest BCUT2D eigenvalue weighted by Crippen LogP contribution is 2.38. The van der Waals surface area contributed by atoms with Crippen molar-refractivity contribution in [2.45, 2.75) is 40.3 Å². The Morgan fingerprint density at radius 2 is 1.84 bits per heavy atom. The quantitative estimate of drug-likeness (QED) is 0.224. The summed E-state index contributed by atoms with van der Waals surface area (Å²) in [5.41, 5.74) is 4.24. The Morgan fingerprint density at radius 1 is 1.09 bits per heavy atom. The molecule has 0 fully saturated rings. The molecule has 10 heteroatoms. The minimum atomic E-state index is -0.692. The zero-order valence-corrected chi connectivity index (χ0v) is 26.3. The number of aryl methyl sites for hydroxylation is 1. The van der Waals surface area contributed by atoms with Gasteiger partial charge in [0.15, 0.2) is 16.3 Å². The van der Waals surface area contributed by atoms with Crippen LogP contribution in [0.2, 0.25) is 5.02 Å². The summed E-state index contributed by atoms with van der Waals surface area (Å²) >= 11 is 7.92. The first-order chi connectivity index (χ1) is 21.2. The van der Waals surface area contributed by atoms with Crippen LogP contribution in [0.5, 0.6) is 11.5 Å². The Balaban J connectivity index is 1.58. The lowest BCUT2D eigenvalue weighted by Gasteiger charge is -2.24. The van der Waals surface area contributed by atoms with Crippen molar-refractivity contribution in [2.24, 2.45) is 4.99 Å². The first kappa shape index (κ1) is 30.8. The first-order valence-electron chi connectivity index (χ1n) is 14.1. The smallest absolute Gasteiger partial charge is 0.338 e. The van der Waals surface area contributed by atoms with E-state index >= 15 is 0 Å². The Kier molecular flexibility index (Phi) is 9.33. The maximum atomic E-state index is 14.0. The molecule has 3 aromatic carbocycles. The molecule has 8 nitrogen and oxygen atoms in total. The summed E-state index contributed by atoms with van der Waals surface area (Å²) in [5, 5.41) is 9.72. The van der Waals surface area contributed by atoms with Crippen LogP contribution in [0.4, 0.5) is 0 Å². The molecule has 0 bridgehead atoms. The van der Waals surface area contributed by atoms with Crippen LogP contribution in [0.3, 0.4) is 0 Å². The number of allylic oxidation sites excluding steroid dienone is 1. The van der Waals surface area contributed by atoms with E-state index in [1.807, 2.05) is 50.2 Å². The predicted octanol–water partition coefficient (Wildman–Crippen LogP) is 5.61. The fourth-order valence-corrected chi connectivity index (χ4v) is 6.31. The molecule has 1 aromatic heterocycles. The highest BCUT2D eigenvalue weighted by molar-refractivity contribution is 7.07. The third-order valence-corrected chi connectivity index (χ3v) is 8.31. The normalized spacial score (nSPS) is 14.5. The monoisotopic (exact) mass is 627 g/mol. The number of esters is 1. The molecule has 1 aliphatic heterocycles. The van der Waals surface area contributed by atoms with Crippen molar-refractivity contribution in [3.63, 3.8) is 0 Å². The van der Waals surface area contributed by atoms with E-state index in [1.54, 1.807) is 48.8 Å². The zero-order valence-electron chi connectivity index (χ0n) is 24.7. The van der Waals surface area contributed by atoms with Gasteiger partial charge in [0.25, 0.3) is 5.56 Å². The number of nitrogens with zero attached hydrogens (tertiary/aromatic N) is 3. The molecule has 5 rings (SSSR count). The van der Waals surface area contributed by atoms with Gasteiger partial charge in [-0.1, -0.05) is 71.0 Å². The number of carbonyl (C=O) groups excluding carboxylic acids is 1. The Labute approximate surface area is 263 Å². The van der Waals surface area contributed by atoms with Crippen molar-refractivity contribution in [3.8, 4) is 17.6 Å². The highest BCUT2D eigenvalue weighted by atomic mass is 35.5. The van der Waals surface area contributed by atoms with Gasteiger partial charge in [0.2, 0.25) is 0 Å². The molecule has 0 saturated carbocycles. The van der Waals surface area contributed by atoms with Crippen LogP contribution in [0.1, 0.15) is 54.6 Å². The number of rotatable bonds is 9. The Morgan fingerprint density at radius 3 is 2.55 bits per heavy atom. The zero-order chi connectivity index (χ0) is 31.4. The largest absolute Gasteiger partial charge is 0.490 e. The molecule has 4 aromatic rings. The van der Waals surface area contributed by atoms with Crippen LogP contribution in [0.15, 0.2) is 81.7 Å². The molecule has 0 radical (unpaired) electrons. The van der Waals surface area contributed by atoms with Crippen LogP contribution in [0, 0.1) is 18.3 Å². The number of benzene rings is 3. The molecule has 1 atom stereocenters. The number of halogens is 1. The molecule has 44 heavy (non-hydrogen) atoms. The second kappa shape index (κ2) is 13.3. The molecule has 0 amide bonds. The van der Waals surface area contributed by atoms with E-state index in [0.29, 0.717) is 54.9 Å². The van der Waals surface area contributed by atoms with Gasteiger partial charge < -0.3 is 14.2 Å². The molecule has 0 aliphatic carbocycles. The van der Waals surface area contributed by atoms with Crippen molar-refractivity contribution in [3.05, 3.63) is 124 Å². The Bertz CT molecular complexity index is 1990. The number of hydrogen-bond donors (Lipinski definition) is 0. The number of ether oxygens (including phenoxy) is 3. The standard InChI is InChI=1S/C34H30ClN3O5S/c1-5-41-27-16-22(15-26(35)31(27)43-19-25-10-8-7-9-24(25)18-36)17-28-32(39)38-30(23-13-11-20(3)12-14-23)29(33(40)42-6-2)21(4)37-34(38)44-28/h7-17,30H,5-6,19H2,1-4H3/b28-17+/t30-/m1/s1. The molecular weight excluding hydrogens is 598 g/mol. The third-order valence-electron chi connectivity index (χ3n) is 7.05. The van der Waals surface area contributed by atoms with Gasteiger partial charge in [-0.3, -0.25) is 9.36 Å². The number of thiazole rings is 1. The van der Waals surface area contributed by atoms with Gasteiger partial charge in [0.05, 0.1) is 51.7 Å². The molecule has 0 saturated heterocycles. The van der Waals surface area contributed by atoms with E-state index in [9.17, 15) is 14.9 Å². The van der Waals surface area contributed by atoms with Gasteiger partial charge in [-0.25, -0.2) is 9.79 Å². The van der Waals surface area contributed by atoms with E-state index in [-0.39, 0.29) is 18.8 Å². The summed E-state index contributed by atoms with van der Waals surface area (Å²) in [5.74, 6) is 0.245. The molecule has 0 unspecified atom stereocenters. The maximum absolute atomic E-state index is 14.0. The van der Waals surface area contributed by atoms with Crippen molar-refractivity contribution in [2.75, 3.05) is 13.2 Å². The minimum Gasteiger partial charge on any atom is -0.490 e. The van der Waals surface area contributed by atoms with E-state index in [4.69, 9.17) is 25.8 Å². The van der Waals surface area contributed by atoms with Crippen LogP contribution in [0.25, 0.3) is 6.08 Å². The average molecular weight is 628 g/mol. The van der Waals surface area contributed by atoms with Gasteiger partial charge >= 0.3 is 5.97 Å². The first-order valence-corrected chi connectivity index (χ1v) is 15.3. The Hall–Kier alpha value is -4.65. The van der Waals surface area contributed by atoms with Crippen LogP contribution >= 0.6 is 22.9 Å². The van der Waals surface area contributed by atoms with Crippen molar-refractivity contribution in [1.82, 2.24) is 4.57 Å². The summed E-state index contributed by atoms with van der Waals surface area (Å²) in [6, 6.07) is 19.8. The number of fused-ring (bicyclic) bond motifs is 1. The second-order valence-corrected chi connectivity index (χ2v) is 11.4. The number of aromatic nitrogens is 1. The molecule has 224 valence electrons. The van der Waals surface area contributed by atoms with E-state index in [1.165, 1.54) is 11.3 Å². The van der Waals surface area contributed by atoms with Crippen LogP contribution in [-0.4, -0.2) is 23.8 Å². The summed E-state index contributed by atoms with van der Waals surface area (Å²) < 4.78 is 19.2. The molecule has 0 N–H and O–H groups in total. The summed E-state index contributed by atoms with van der Waals surface area (Å²) in [6.45, 7) is 8.02. The van der Waals surface area contributed by atoms with E-state index in [2.05, 4.69) is 11.1 Å². The highest BCUT2D eigenvalue weighted by Gasteiger charge is 2.33. The number of carbonyl (C=O) groups is 1. The summed E-state index contributed by atoms with van der Waals surface area (Å²) in [6.07, 6.45) is 1.72. The van der Waals surface area contributed by atoms with Crippen molar-refractivity contribution >= 4 is 35.0 Å². The third kappa shape index (κ3) is 6.18. The average Bonchev–Trinajstić information content (AvgIpc) is 3.30. The van der Waals surface area contributed by atoms with Gasteiger partial charge in [0.1, 0.15) is 6.61 Å². The van der Waals surface area contributed by atoms with Crippen molar-refractivity contribution < 1.29 is 19.0 Å². The van der Waals surface area contributed by atoms with Gasteiger partial charge in [-0.15, -0.1) is 0 Å². The molecule has 0 spiro atoms. The summed E-state index contributed by atoms with van der Waals surface area (Å²) in [4.78, 5) is 32.2. The number of nitriles is 1. The predicted molar refractivity (Wildman–Crippen MR) is 170 cm³/mol. The van der Waals surface area contributed by atoms with E-state index in [0.717, 1.165) is 16.7 Å². The van der Waals surface area contributed by atoms with Gasteiger partial charge in [0, 0.05) is 5.56 Å². The van der Waals surface area contributed by atoms with Gasteiger partial charge in [-0.05, 0) is 63.1 Å². The van der Waals surface area contributed by atoms with Gasteiger partial charge in [-0.2, -0.15) is 5.26 Å². The molecule has 1 aliphatic rings.